The summed E-state index contributed by atoms with van der Waals surface area (Å²) >= 11 is 1.80. The van der Waals surface area contributed by atoms with Gasteiger partial charge in [-0.1, -0.05) is 48.2 Å². The van der Waals surface area contributed by atoms with E-state index in [1.165, 1.54) is 28.1 Å². The summed E-state index contributed by atoms with van der Waals surface area (Å²) in [6.45, 7) is 2.93. The van der Waals surface area contributed by atoms with Gasteiger partial charge < -0.3 is 15.5 Å². The highest BCUT2D eigenvalue weighted by molar-refractivity contribution is 7.99. The molecule has 0 fully saturated rings. The molecule has 6 heteroatoms. The fourth-order valence-electron chi connectivity index (χ4n) is 3.64. The van der Waals surface area contributed by atoms with Crippen molar-refractivity contribution in [3.05, 3.63) is 78.4 Å². The smallest absolute Gasteiger partial charge is 0.224 e. The van der Waals surface area contributed by atoms with Crippen molar-refractivity contribution in [3.8, 4) is 0 Å². The largest absolute Gasteiger partial charge is 0.356 e. The number of carbonyl (C=O) groups is 2. The first-order valence-corrected chi connectivity index (χ1v) is 11.2. The summed E-state index contributed by atoms with van der Waals surface area (Å²) in [5.74, 6) is -0.106. The van der Waals surface area contributed by atoms with Crippen molar-refractivity contribution in [1.29, 1.82) is 0 Å². The van der Waals surface area contributed by atoms with Crippen molar-refractivity contribution >= 4 is 40.6 Å². The molecule has 31 heavy (non-hydrogen) atoms. The molecule has 0 atom stereocenters. The maximum atomic E-state index is 12.3. The average Bonchev–Trinajstić information content (AvgIpc) is 2.77. The summed E-state index contributed by atoms with van der Waals surface area (Å²) in [6, 6.07) is 24.3. The molecule has 0 aliphatic carbocycles. The summed E-state index contributed by atoms with van der Waals surface area (Å²) in [5.41, 5.74) is 4.09. The fraction of sp³-hybridized carbons (Fsp3) is 0.200. The lowest BCUT2D eigenvalue weighted by atomic mass is 10.1. The molecule has 0 unspecified atom stereocenters. The van der Waals surface area contributed by atoms with Crippen LogP contribution in [0, 0.1) is 0 Å². The van der Waals surface area contributed by atoms with Crippen molar-refractivity contribution in [2.75, 3.05) is 23.3 Å². The Morgan fingerprint density at radius 3 is 2.10 bits per heavy atom. The highest BCUT2D eigenvalue weighted by atomic mass is 32.2. The van der Waals surface area contributed by atoms with E-state index < -0.39 is 0 Å². The van der Waals surface area contributed by atoms with Gasteiger partial charge in [-0.25, -0.2) is 0 Å². The monoisotopic (exact) mass is 431 g/mol. The van der Waals surface area contributed by atoms with E-state index in [-0.39, 0.29) is 11.8 Å². The summed E-state index contributed by atoms with van der Waals surface area (Å²) in [5, 5.41) is 5.75. The van der Waals surface area contributed by atoms with Gasteiger partial charge in [-0.3, -0.25) is 9.59 Å². The van der Waals surface area contributed by atoms with Crippen LogP contribution in [0.1, 0.15) is 18.9 Å². The molecular weight excluding hydrogens is 406 g/mol. The predicted octanol–water partition coefficient (Wildman–Crippen LogP) is 5.00. The molecule has 3 aromatic rings. The fourth-order valence-corrected chi connectivity index (χ4v) is 4.74. The third-order valence-corrected chi connectivity index (χ3v) is 6.18. The number of rotatable bonds is 7. The second-order valence-electron chi connectivity index (χ2n) is 7.45. The Bertz CT molecular complexity index is 1040. The second kappa shape index (κ2) is 9.71. The Morgan fingerprint density at radius 2 is 1.48 bits per heavy atom. The van der Waals surface area contributed by atoms with E-state index in [1.807, 2.05) is 24.3 Å². The van der Waals surface area contributed by atoms with Gasteiger partial charge in [-0.15, -0.1) is 0 Å². The third-order valence-electron chi connectivity index (χ3n) is 5.05. The van der Waals surface area contributed by atoms with Crippen molar-refractivity contribution in [2.24, 2.45) is 0 Å². The topological polar surface area (TPSA) is 61.4 Å². The van der Waals surface area contributed by atoms with Crippen LogP contribution in [-0.4, -0.2) is 24.9 Å². The summed E-state index contributed by atoms with van der Waals surface area (Å²) < 4.78 is 0. The molecule has 1 aliphatic heterocycles. The number of para-hydroxylation sites is 2. The summed E-state index contributed by atoms with van der Waals surface area (Å²) in [7, 11) is 0. The van der Waals surface area contributed by atoms with Crippen LogP contribution < -0.4 is 15.5 Å². The first-order valence-electron chi connectivity index (χ1n) is 10.4. The van der Waals surface area contributed by atoms with Crippen LogP contribution in [0.5, 0.6) is 0 Å². The molecule has 1 aliphatic rings. The number of fused-ring (bicyclic) bond motifs is 2. The predicted molar refractivity (Wildman–Crippen MR) is 126 cm³/mol. The van der Waals surface area contributed by atoms with Crippen LogP contribution in [0.2, 0.25) is 0 Å². The molecule has 0 radical (unpaired) electrons. The van der Waals surface area contributed by atoms with E-state index in [4.69, 9.17) is 0 Å². The molecule has 0 spiro atoms. The molecule has 5 nitrogen and oxygen atoms in total. The molecule has 0 bridgehead atoms. The van der Waals surface area contributed by atoms with Gasteiger partial charge in [-0.05, 0) is 48.4 Å². The Balaban J connectivity index is 1.30. The van der Waals surface area contributed by atoms with Crippen LogP contribution >= 0.6 is 11.8 Å². The molecule has 0 saturated carbocycles. The van der Waals surface area contributed by atoms with Gasteiger partial charge in [-0.2, -0.15) is 0 Å². The number of anilines is 3. The minimum Gasteiger partial charge on any atom is -0.356 e. The molecule has 2 N–H and O–H groups in total. The normalized spacial score (nSPS) is 12.0. The highest BCUT2D eigenvalue weighted by Crippen LogP contribution is 2.47. The molecule has 3 aromatic carbocycles. The zero-order valence-electron chi connectivity index (χ0n) is 17.4. The van der Waals surface area contributed by atoms with Crippen LogP contribution in [0.3, 0.4) is 0 Å². The number of hydrogen-bond acceptors (Lipinski definition) is 4. The molecule has 1 heterocycles. The molecular formula is C25H25N3O2S. The van der Waals surface area contributed by atoms with Crippen LogP contribution in [0.4, 0.5) is 17.1 Å². The maximum Gasteiger partial charge on any atom is 0.224 e. The number of nitrogens with one attached hydrogen (secondary N) is 2. The van der Waals surface area contributed by atoms with Crippen molar-refractivity contribution in [2.45, 2.75) is 29.6 Å². The van der Waals surface area contributed by atoms with E-state index in [0.29, 0.717) is 13.0 Å². The zero-order valence-corrected chi connectivity index (χ0v) is 18.2. The minimum atomic E-state index is -0.108. The second-order valence-corrected chi connectivity index (χ2v) is 8.53. The average molecular weight is 432 g/mol. The van der Waals surface area contributed by atoms with E-state index in [0.717, 1.165) is 24.2 Å². The summed E-state index contributed by atoms with van der Waals surface area (Å²) in [4.78, 5) is 28.3. The van der Waals surface area contributed by atoms with Crippen LogP contribution in [0.25, 0.3) is 0 Å². The lowest BCUT2D eigenvalue weighted by Gasteiger charge is -2.32. The number of benzene rings is 3. The number of nitrogens with zero attached hydrogens (tertiary/aromatic N) is 1. The minimum absolute atomic E-state index is 0.00211. The maximum absolute atomic E-state index is 12.3. The van der Waals surface area contributed by atoms with E-state index in [2.05, 4.69) is 64.1 Å². The van der Waals surface area contributed by atoms with E-state index in [9.17, 15) is 9.59 Å². The summed E-state index contributed by atoms with van der Waals surface area (Å²) in [6.07, 6.45) is 1.17. The van der Waals surface area contributed by atoms with Gasteiger partial charge in [0.05, 0.1) is 17.8 Å². The quantitative estimate of drug-likeness (QED) is 0.517. The van der Waals surface area contributed by atoms with E-state index >= 15 is 0 Å². The van der Waals surface area contributed by atoms with Gasteiger partial charge in [0.2, 0.25) is 11.8 Å². The lowest BCUT2D eigenvalue weighted by Crippen LogP contribution is -2.29. The molecule has 4 rings (SSSR count). The van der Waals surface area contributed by atoms with Crippen molar-refractivity contribution in [1.82, 2.24) is 5.32 Å². The van der Waals surface area contributed by atoms with Gasteiger partial charge in [0, 0.05) is 35.5 Å². The Labute approximate surface area is 186 Å². The van der Waals surface area contributed by atoms with Gasteiger partial charge in [0.1, 0.15) is 0 Å². The lowest BCUT2D eigenvalue weighted by molar-refractivity contribution is -0.120. The number of amides is 2. The first-order chi connectivity index (χ1) is 15.1. The Morgan fingerprint density at radius 1 is 0.871 bits per heavy atom. The highest BCUT2D eigenvalue weighted by Gasteiger charge is 2.22. The third kappa shape index (κ3) is 5.27. The van der Waals surface area contributed by atoms with Crippen molar-refractivity contribution < 1.29 is 9.59 Å². The molecule has 158 valence electrons. The van der Waals surface area contributed by atoms with E-state index in [1.54, 1.807) is 11.8 Å². The Hall–Kier alpha value is -3.25. The first kappa shape index (κ1) is 21.0. The van der Waals surface area contributed by atoms with Gasteiger partial charge in [0.25, 0.3) is 0 Å². The standard InChI is InChI=1S/C25H25N3O2S/c1-18(29)27-20-13-11-19(12-14-20)17-25(30)26-15-6-16-28-21-7-2-4-9-23(21)31-24-10-5-3-8-22(24)28/h2-5,7-14H,6,15-17H2,1H3,(H,26,30)(H,27,29). The molecule has 0 aromatic heterocycles. The van der Waals surface area contributed by atoms with Gasteiger partial charge in [0.15, 0.2) is 0 Å². The SMILES string of the molecule is CC(=O)Nc1ccc(CC(=O)NCCCN2c3ccccc3Sc3ccccc32)cc1. The zero-order chi connectivity index (χ0) is 21.6. The molecule has 0 saturated heterocycles. The number of hydrogen-bond donors (Lipinski definition) is 2. The molecule has 2 amide bonds. The number of carbonyl (C=O) groups excluding carboxylic acids is 2. The van der Waals surface area contributed by atoms with Crippen molar-refractivity contribution in [3.63, 3.8) is 0 Å². The van der Waals surface area contributed by atoms with Gasteiger partial charge >= 0.3 is 0 Å². The van der Waals surface area contributed by atoms with Crippen LogP contribution in [0.15, 0.2) is 82.6 Å². The van der Waals surface area contributed by atoms with Crippen LogP contribution in [-0.2, 0) is 16.0 Å². The Kier molecular flexibility index (Phi) is 6.57.